The Balaban J connectivity index is 1.88. The van der Waals surface area contributed by atoms with Gasteiger partial charge >= 0.3 is 0 Å². The first kappa shape index (κ1) is 16.0. The van der Waals surface area contributed by atoms with Gasteiger partial charge in [0.15, 0.2) is 0 Å². The van der Waals surface area contributed by atoms with Gasteiger partial charge in [0.25, 0.3) is 11.5 Å². The normalized spacial score (nSPS) is 10.8. The minimum Gasteiger partial charge on any atom is -0.337 e. The molecule has 1 N–H and O–H groups in total. The standard InChI is InChI=1S/C20H20N2O2/c1-13-4-7-15(8-5-13)20(24)22(3)12-17-11-16-10-14(2)6-9-18(16)21-19(17)23/h4-11H,12H2,1-3H3,(H,21,23). The molecule has 0 atom stereocenters. The van der Waals surface area contributed by atoms with E-state index in [0.717, 1.165) is 22.0 Å². The molecule has 1 heterocycles. The molecule has 3 rings (SSSR count). The fourth-order valence-electron chi connectivity index (χ4n) is 2.73. The van der Waals surface area contributed by atoms with E-state index < -0.39 is 0 Å². The molecule has 0 saturated carbocycles. The van der Waals surface area contributed by atoms with Crippen LogP contribution in [0.1, 0.15) is 27.0 Å². The van der Waals surface area contributed by atoms with Crippen LogP contribution in [0, 0.1) is 13.8 Å². The molecule has 0 unspecified atom stereocenters. The number of aromatic nitrogens is 1. The number of H-pyrrole nitrogens is 1. The molecule has 1 amide bonds. The third kappa shape index (κ3) is 3.23. The van der Waals surface area contributed by atoms with E-state index in [4.69, 9.17) is 0 Å². The Kier molecular flexibility index (Phi) is 4.21. The molecule has 2 aromatic carbocycles. The van der Waals surface area contributed by atoms with E-state index in [1.807, 2.05) is 62.4 Å². The zero-order chi connectivity index (χ0) is 17.3. The summed E-state index contributed by atoms with van der Waals surface area (Å²) in [6.45, 7) is 4.26. The fraction of sp³-hybridized carbons (Fsp3) is 0.200. The third-order valence-corrected chi connectivity index (χ3v) is 4.13. The Morgan fingerprint density at radius 3 is 2.38 bits per heavy atom. The first-order valence-corrected chi connectivity index (χ1v) is 7.89. The number of nitrogens with zero attached hydrogens (tertiary/aromatic N) is 1. The van der Waals surface area contributed by atoms with Crippen LogP contribution in [-0.4, -0.2) is 22.8 Å². The summed E-state index contributed by atoms with van der Waals surface area (Å²) in [4.78, 5) is 29.2. The van der Waals surface area contributed by atoms with Crippen molar-refractivity contribution in [2.45, 2.75) is 20.4 Å². The van der Waals surface area contributed by atoms with Gasteiger partial charge in [0.1, 0.15) is 0 Å². The van der Waals surface area contributed by atoms with Crippen molar-refractivity contribution in [1.29, 1.82) is 0 Å². The Labute approximate surface area is 140 Å². The Bertz CT molecular complexity index is 956. The van der Waals surface area contributed by atoms with Gasteiger partial charge in [-0.2, -0.15) is 0 Å². The van der Waals surface area contributed by atoms with E-state index in [9.17, 15) is 9.59 Å². The zero-order valence-electron chi connectivity index (χ0n) is 14.1. The lowest BCUT2D eigenvalue weighted by Gasteiger charge is -2.17. The van der Waals surface area contributed by atoms with Crippen LogP contribution in [0.2, 0.25) is 0 Å². The number of benzene rings is 2. The number of amides is 1. The van der Waals surface area contributed by atoms with Gasteiger partial charge in [-0.05, 0) is 49.6 Å². The van der Waals surface area contributed by atoms with E-state index >= 15 is 0 Å². The van der Waals surface area contributed by atoms with Crippen molar-refractivity contribution in [3.8, 4) is 0 Å². The molecule has 122 valence electrons. The molecule has 4 nitrogen and oxygen atoms in total. The molecular formula is C20H20N2O2. The summed E-state index contributed by atoms with van der Waals surface area (Å²) in [5, 5.41) is 0.973. The Hall–Kier alpha value is -2.88. The van der Waals surface area contributed by atoms with Crippen molar-refractivity contribution < 1.29 is 4.79 Å². The van der Waals surface area contributed by atoms with Crippen LogP contribution >= 0.6 is 0 Å². The van der Waals surface area contributed by atoms with Crippen molar-refractivity contribution in [2.24, 2.45) is 0 Å². The minimum atomic E-state index is -0.157. The SMILES string of the molecule is Cc1ccc(C(=O)N(C)Cc2cc3cc(C)ccc3[nH]c2=O)cc1. The molecule has 0 radical (unpaired) electrons. The summed E-state index contributed by atoms with van der Waals surface area (Å²) < 4.78 is 0. The van der Waals surface area contributed by atoms with Crippen LogP contribution in [0.3, 0.4) is 0 Å². The van der Waals surface area contributed by atoms with Gasteiger partial charge in [-0.3, -0.25) is 9.59 Å². The van der Waals surface area contributed by atoms with Gasteiger partial charge in [0, 0.05) is 23.7 Å². The van der Waals surface area contributed by atoms with Crippen LogP contribution < -0.4 is 5.56 Å². The average Bonchev–Trinajstić information content (AvgIpc) is 2.56. The summed E-state index contributed by atoms with van der Waals surface area (Å²) in [5.41, 5.74) is 4.09. The van der Waals surface area contributed by atoms with Gasteiger partial charge in [-0.1, -0.05) is 29.3 Å². The molecule has 0 bridgehead atoms. The second-order valence-corrected chi connectivity index (χ2v) is 6.24. The highest BCUT2D eigenvalue weighted by molar-refractivity contribution is 5.94. The molecule has 0 aliphatic rings. The fourth-order valence-corrected chi connectivity index (χ4v) is 2.73. The number of nitrogens with one attached hydrogen (secondary N) is 1. The lowest BCUT2D eigenvalue weighted by atomic mass is 10.1. The first-order chi connectivity index (χ1) is 11.4. The quantitative estimate of drug-likeness (QED) is 0.804. The van der Waals surface area contributed by atoms with Crippen LogP contribution in [-0.2, 0) is 6.54 Å². The second-order valence-electron chi connectivity index (χ2n) is 6.24. The molecule has 24 heavy (non-hydrogen) atoms. The van der Waals surface area contributed by atoms with Crippen LogP contribution in [0.15, 0.2) is 53.3 Å². The lowest BCUT2D eigenvalue weighted by Crippen LogP contribution is -2.29. The predicted octanol–water partition coefficient (Wildman–Crippen LogP) is 3.42. The number of aromatic amines is 1. The van der Waals surface area contributed by atoms with Crippen LogP contribution in [0.4, 0.5) is 0 Å². The van der Waals surface area contributed by atoms with Crippen LogP contribution in [0.25, 0.3) is 10.9 Å². The molecular weight excluding hydrogens is 300 g/mol. The Morgan fingerprint density at radius 1 is 1.00 bits per heavy atom. The molecule has 1 aromatic heterocycles. The summed E-state index contributed by atoms with van der Waals surface area (Å²) in [6.07, 6.45) is 0. The predicted molar refractivity (Wildman–Crippen MR) is 96.3 cm³/mol. The first-order valence-electron chi connectivity index (χ1n) is 7.89. The maximum atomic E-state index is 12.5. The van der Waals surface area contributed by atoms with E-state index in [0.29, 0.717) is 11.1 Å². The number of hydrogen-bond donors (Lipinski definition) is 1. The van der Waals surface area contributed by atoms with Gasteiger partial charge in [-0.15, -0.1) is 0 Å². The molecule has 0 spiro atoms. The maximum Gasteiger partial charge on any atom is 0.253 e. The topological polar surface area (TPSA) is 53.2 Å². The van der Waals surface area contributed by atoms with Gasteiger partial charge < -0.3 is 9.88 Å². The second kappa shape index (κ2) is 6.32. The number of carbonyl (C=O) groups excluding carboxylic acids is 1. The summed E-state index contributed by atoms with van der Waals surface area (Å²) in [5.74, 6) is -0.0984. The van der Waals surface area contributed by atoms with E-state index in [2.05, 4.69) is 4.98 Å². The van der Waals surface area contributed by atoms with Gasteiger partial charge in [-0.25, -0.2) is 0 Å². The third-order valence-electron chi connectivity index (χ3n) is 4.13. The van der Waals surface area contributed by atoms with Crippen molar-refractivity contribution in [2.75, 3.05) is 7.05 Å². The summed E-state index contributed by atoms with van der Waals surface area (Å²) >= 11 is 0. The van der Waals surface area contributed by atoms with E-state index in [-0.39, 0.29) is 18.0 Å². The average molecular weight is 320 g/mol. The highest BCUT2D eigenvalue weighted by atomic mass is 16.2. The van der Waals surface area contributed by atoms with Crippen molar-refractivity contribution in [1.82, 2.24) is 9.88 Å². The number of pyridine rings is 1. The monoisotopic (exact) mass is 320 g/mol. The zero-order valence-corrected chi connectivity index (χ0v) is 14.1. The number of fused-ring (bicyclic) bond motifs is 1. The van der Waals surface area contributed by atoms with Crippen LogP contribution in [0.5, 0.6) is 0 Å². The van der Waals surface area contributed by atoms with Crippen molar-refractivity contribution in [3.05, 3.63) is 81.1 Å². The van der Waals surface area contributed by atoms with Crippen molar-refractivity contribution in [3.63, 3.8) is 0 Å². The molecule has 0 aliphatic carbocycles. The molecule has 4 heteroatoms. The maximum absolute atomic E-state index is 12.5. The van der Waals surface area contributed by atoms with Gasteiger partial charge in [0.05, 0.1) is 6.54 Å². The molecule has 0 aliphatic heterocycles. The highest BCUT2D eigenvalue weighted by Crippen LogP contribution is 2.14. The summed E-state index contributed by atoms with van der Waals surface area (Å²) in [6, 6.07) is 15.2. The molecule has 0 saturated heterocycles. The number of carbonyl (C=O) groups is 1. The van der Waals surface area contributed by atoms with Gasteiger partial charge in [0.2, 0.25) is 0 Å². The highest BCUT2D eigenvalue weighted by Gasteiger charge is 2.14. The summed E-state index contributed by atoms with van der Waals surface area (Å²) in [7, 11) is 1.71. The molecule has 3 aromatic rings. The van der Waals surface area contributed by atoms with E-state index in [1.165, 1.54) is 0 Å². The lowest BCUT2D eigenvalue weighted by molar-refractivity contribution is 0.0784. The van der Waals surface area contributed by atoms with E-state index in [1.54, 1.807) is 11.9 Å². The Morgan fingerprint density at radius 2 is 1.67 bits per heavy atom. The smallest absolute Gasteiger partial charge is 0.253 e. The van der Waals surface area contributed by atoms with Crippen molar-refractivity contribution >= 4 is 16.8 Å². The number of rotatable bonds is 3. The number of hydrogen-bond acceptors (Lipinski definition) is 2. The minimum absolute atomic E-state index is 0.0984. The molecule has 0 fully saturated rings. The number of aryl methyl sites for hydroxylation is 2. The largest absolute Gasteiger partial charge is 0.337 e.